The van der Waals surface area contributed by atoms with E-state index in [4.69, 9.17) is 5.11 Å². The number of pyridine rings is 1. The largest absolute Gasteiger partial charge is 0.481 e. The number of carboxylic acid groups (broad SMARTS) is 1. The van der Waals surface area contributed by atoms with Gasteiger partial charge in [0.05, 0.1) is 11.6 Å². The molecule has 6 heteroatoms. The highest BCUT2D eigenvalue weighted by molar-refractivity contribution is 5.86. The highest BCUT2D eigenvalue weighted by Crippen LogP contribution is 2.17. The molecule has 1 saturated heterocycles. The van der Waals surface area contributed by atoms with E-state index >= 15 is 0 Å². The zero-order valence-corrected chi connectivity index (χ0v) is 9.87. The second-order valence-corrected chi connectivity index (χ2v) is 4.25. The zero-order valence-electron chi connectivity index (χ0n) is 9.87. The van der Waals surface area contributed by atoms with Gasteiger partial charge in [-0.3, -0.25) is 14.6 Å². The third kappa shape index (κ3) is 2.97. The number of aromatic nitrogens is 1. The molecule has 0 radical (unpaired) electrons. The molecule has 18 heavy (non-hydrogen) atoms. The molecule has 0 spiro atoms. The van der Waals surface area contributed by atoms with Crippen molar-refractivity contribution in [2.24, 2.45) is 5.92 Å². The van der Waals surface area contributed by atoms with Crippen LogP contribution in [0.3, 0.4) is 0 Å². The molecule has 2 N–H and O–H groups in total. The topological polar surface area (TPSA) is 82.5 Å². The van der Waals surface area contributed by atoms with E-state index < -0.39 is 11.9 Å². The van der Waals surface area contributed by atoms with Crippen molar-refractivity contribution in [3.63, 3.8) is 0 Å². The fraction of sp³-hybridized carbons (Fsp3) is 0.417. The average molecular weight is 249 g/mol. The number of rotatable bonds is 5. The number of likely N-dealkylation sites (tertiary alicyclic amines) is 1. The lowest BCUT2D eigenvalue weighted by Gasteiger charge is -2.16. The average Bonchev–Trinajstić information content (AvgIpc) is 2.73. The van der Waals surface area contributed by atoms with Crippen molar-refractivity contribution in [3.05, 3.63) is 24.5 Å². The highest BCUT2D eigenvalue weighted by Gasteiger charge is 2.33. The monoisotopic (exact) mass is 249 g/mol. The summed E-state index contributed by atoms with van der Waals surface area (Å²) < 4.78 is 0. The minimum absolute atomic E-state index is 0.0876. The van der Waals surface area contributed by atoms with E-state index in [1.165, 1.54) is 0 Å². The Morgan fingerprint density at radius 1 is 1.61 bits per heavy atom. The first-order chi connectivity index (χ1) is 8.66. The van der Waals surface area contributed by atoms with Crippen LogP contribution < -0.4 is 5.32 Å². The van der Waals surface area contributed by atoms with Gasteiger partial charge in [-0.15, -0.1) is 0 Å². The summed E-state index contributed by atoms with van der Waals surface area (Å²) in [7, 11) is 0. The van der Waals surface area contributed by atoms with E-state index in [9.17, 15) is 9.59 Å². The molecule has 1 fully saturated rings. The van der Waals surface area contributed by atoms with Gasteiger partial charge in [0.2, 0.25) is 5.91 Å². The van der Waals surface area contributed by atoms with E-state index in [1.807, 2.05) is 12.1 Å². The first-order valence-corrected chi connectivity index (χ1v) is 5.81. The second kappa shape index (κ2) is 5.48. The van der Waals surface area contributed by atoms with Crippen LogP contribution in [-0.2, 0) is 9.59 Å². The number of carbonyl (C=O) groups excluding carboxylic acids is 1. The second-order valence-electron chi connectivity index (χ2n) is 4.25. The third-order valence-corrected chi connectivity index (χ3v) is 2.94. The summed E-state index contributed by atoms with van der Waals surface area (Å²) in [6.07, 6.45) is 3.50. The molecule has 1 aliphatic rings. The van der Waals surface area contributed by atoms with Crippen LogP contribution in [0, 0.1) is 5.92 Å². The fourth-order valence-corrected chi connectivity index (χ4v) is 1.96. The van der Waals surface area contributed by atoms with Gasteiger partial charge >= 0.3 is 5.97 Å². The summed E-state index contributed by atoms with van der Waals surface area (Å²) in [5.41, 5.74) is 0.888. The Balaban J connectivity index is 1.78. The molecular formula is C12H15N3O3. The molecule has 0 bridgehead atoms. The molecule has 1 aliphatic heterocycles. The Bertz CT molecular complexity index is 435. The molecule has 1 unspecified atom stereocenters. The summed E-state index contributed by atoms with van der Waals surface area (Å²) in [5, 5.41) is 12.0. The number of nitrogens with one attached hydrogen (secondary N) is 1. The number of hydrogen-bond donors (Lipinski definition) is 2. The van der Waals surface area contributed by atoms with Gasteiger partial charge in [0.1, 0.15) is 0 Å². The molecule has 0 saturated carbocycles. The minimum Gasteiger partial charge on any atom is -0.481 e. The first kappa shape index (κ1) is 12.3. The number of anilines is 1. The van der Waals surface area contributed by atoms with Crippen molar-refractivity contribution in [3.8, 4) is 0 Å². The molecule has 1 atom stereocenters. The van der Waals surface area contributed by atoms with Gasteiger partial charge < -0.3 is 15.3 Å². The molecule has 0 aliphatic carbocycles. The summed E-state index contributed by atoms with van der Waals surface area (Å²) >= 11 is 0. The predicted molar refractivity (Wildman–Crippen MR) is 65.0 cm³/mol. The molecular weight excluding hydrogens is 234 g/mol. The van der Waals surface area contributed by atoms with Crippen LogP contribution in [0.25, 0.3) is 0 Å². The van der Waals surface area contributed by atoms with E-state index in [1.54, 1.807) is 17.3 Å². The lowest BCUT2D eigenvalue weighted by molar-refractivity contribution is -0.141. The Hall–Kier alpha value is -2.11. The van der Waals surface area contributed by atoms with Crippen molar-refractivity contribution in [2.75, 3.05) is 25.0 Å². The van der Waals surface area contributed by atoms with Gasteiger partial charge in [0.15, 0.2) is 0 Å². The number of carbonyl (C=O) groups is 2. The van der Waals surface area contributed by atoms with Gasteiger partial charge in [-0.05, 0) is 12.1 Å². The van der Waals surface area contributed by atoms with Crippen molar-refractivity contribution >= 4 is 17.6 Å². The van der Waals surface area contributed by atoms with Crippen LogP contribution in [0.1, 0.15) is 6.42 Å². The molecule has 0 aromatic carbocycles. The molecule has 6 nitrogen and oxygen atoms in total. The number of hydrogen-bond acceptors (Lipinski definition) is 4. The molecule has 1 aromatic heterocycles. The maximum Gasteiger partial charge on any atom is 0.308 e. The maximum atomic E-state index is 11.6. The number of nitrogens with zero attached hydrogens (tertiary/aromatic N) is 2. The van der Waals surface area contributed by atoms with Crippen molar-refractivity contribution < 1.29 is 14.7 Å². The van der Waals surface area contributed by atoms with E-state index in [-0.39, 0.29) is 12.3 Å². The third-order valence-electron chi connectivity index (χ3n) is 2.94. The van der Waals surface area contributed by atoms with Crippen LogP contribution in [-0.4, -0.2) is 46.5 Å². The lowest BCUT2D eigenvalue weighted by atomic mass is 10.1. The van der Waals surface area contributed by atoms with E-state index in [0.29, 0.717) is 19.6 Å². The van der Waals surface area contributed by atoms with Crippen molar-refractivity contribution in [1.29, 1.82) is 0 Å². The van der Waals surface area contributed by atoms with Crippen LogP contribution in [0.4, 0.5) is 5.69 Å². The number of aliphatic carboxylic acids is 1. The Morgan fingerprint density at radius 3 is 3.06 bits per heavy atom. The summed E-state index contributed by atoms with van der Waals surface area (Å²) in [5.74, 6) is -1.54. The highest BCUT2D eigenvalue weighted by atomic mass is 16.4. The van der Waals surface area contributed by atoms with Crippen LogP contribution in [0.15, 0.2) is 24.5 Å². The standard InChI is InChI=1S/C12H15N3O3/c16-11-6-9(12(17)18)8-15(11)5-4-14-10-2-1-3-13-7-10/h1-3,7,9,14H,4-6,8H2,(H,17,18). The van der Waals surface area contributed by atoms with Crippen molar-refractivity contribution in [2.45, 2.75) is 6.42 Å². The lowest BCUT2D eigenvalue weighted by Crippen LogP contribution is -2.31. The number of carboxylic acids is 1. The van der Waals surface area contributed by atoms with E-state index in [0.717, 1.165) is 5.69 Å². The van der Waals surface area contributed by atoms with Crippen LogP contribution in [0.2, 0.25) is 0 Å². The predicted octanol–water partition coefficient (Wildman–Crippen LogP) is 0.427. The quantitative estimate of drug-likeness (QED) is 0.790. The first-order valence-electron chi connectivity index (χ1n) is 5.81. The van der Waals surface area contributed by atoms with Crippen molar-refractivity contribution in [1.82, 2.24) is 9.88 Å². The number of amides is 1. The van der Waals surface area contributed by atoms with Gasteiger partial charge in [-0.2, -0.15) is 0 Å². The minimum atomic E-state index is -0.897. The Morgan fingerprint density at radius 2 is 2.44 bits per heavy atom. The Labute approximate surface area is 105 Å². The molecule has 96 valence electrons. The molecule has 2 heterocycles. The van der Waals surface area contributed by atoms with Gasteiger partial charge in [0, 0.05) is 38.4 Å². The normalized spacial score (nSPS) is 19.0. The molecule has 1 aromatic rings. The summed E-state index contributed by atoms with van der Waals surface area (Å²) in [6.45, 7) is 1.41. The van der Waals surface area contributed by atoms with Gasteiger partial charge in [-0.25, -0.2) is 0 Å². The summed E-state index contributed by atoms with van der Waals surface area (Å²) in [6, 6.07) is 3.71. The zero-order chi connectivity index (χ0) is 13.0. The van der Waals surface area contributed by atoms with Crippen LogP contribution >= 0.6 is 0 Å². The molecule has 1 amide bonds. The smallest absolute Gasteiger partial charge is 0.308 e. The van der Waals surface area contributed by atoms with E-state index in [2.05, 4.69) is 10.3 Å². The van der Waals surface area contributed by atoms with Gasteiger partial charge in [0.25, 0.3) is 0 Å². The SMILES string of the molecule is O=C(O)C1CC(=O)N(CCNc2cccnc2)C1. The fourth-order valence-electron chi connectivity index (χ4n) is 1.96. The van der Waals surface area contributed by atoms with Crippen LogP contribution in [0.5, 0.6) is 0 Å². The Kier molecular flexibility index (Phi) is 3.76. The summed E-state index contributed by atoms with van der Waals surface area (Å²) in [4.78, 5) is 27.9. The molecule has 2 rings (SSSR count). The van der Waals surface area contributed by atoms with Gasteiger partial charge in [-0.1, -0.05) is 0 Å². The maximum absolute atomic E-state index is 11.6.